The van der Waals surface area contributed by atoms with Crippen LogP contribution >= 0.6 is 11.6 Å². The molecule has 1 amide bonds. The van der Waals surface area contributed by atoms with Crippen LogP contribution in [0.2, 0.25) is 5.02 Å². The molecule has 5 heteroatoms. The predicted molar refractivity (Wildman–Crippen MR) is 125 cm³/mol. The zero-order valence-corrected chi connectivity index (χ0v) is 19.2. The van der Waals surface area contributed by atoms with Gasteiger partial charge in [-0.3, -0.25) is 4.79 Å². The quantitative estimate of drug-likeness (QED) is 0.595. The molecule has 4 nitrogen and oxygen atoms in total. The van der Waals surface area contributed by atoms with Crippen molar-refractivity contribution in [3.8, 4) is 5.75 Å². The fraction of sp³-hybridized carbons (Fsp3) is 0.480. The number of hydrogen-bond donors (Lipinski definition) is 1. The zero-order valence-electron chi connectivity index (χ0n) is 18.5. The Morgan fingerprint density at radius 3 is 2.63 bits per heavy atom. The van der Waals surface area contributed by atoms with Gasteiger partial charge in [-0.25, -0.2) is 0 Å². The lowest BCUT2D eigenvalue weighted by molar-refractivity contribution is -0.128. The van der Waals surface area contributed by atoms with Crippen molar-refractivity contribution in [3.05, 3.63) is 58.6 Å². The SMILES string of the molecule is CC[C@H](Oc1ccc(Cl)c(C)c1)C(=O)N[C@H](C)c1ccc(N2CCC[C@@H](C)C2)cc1. The lowest BCUT2D eigenvalue weighted by Gasteiger charge is -2.33. The molecule has 1 N–H and O–H groups in total. The summed E-state index contributed by atoms with van der Waals surface area (Å²) in [7, 11) is 0. The standard InChI is InChI=1S/C25H33ClN2O2/c1-5-24(30-22-12-13-23(26)18(3)15-22)25(29)27-19(4)20-8-10-21(11-9-20)28-14-6-7-17(2)16-28/h8-13,15,17,19,24H,5-7,14,16H2,1-4H3,(H,27,29)/t17-,19-,24+/m1/s1. The summed E-state index contributed by atoms with van der Waals surface area (Å²) in [5.74, 6) is 1.30. The number of ether oxygens (including phenoxy) is 1. The first-order valence-electron chi connectivity index (χ1n) is 11.0. The van der Waals surface area contributed by atoms with E-state index < -0.39 is 6.10 Å². The second-order valence-corrected chi connectivity index (χ2v) is 8.85. The molecule has 3 rings (SSSR count). The van der Waals surface area contributed by atoms with Gasteiger partial charge in [-0.1, -0.05) is 37.6 Å². The summed E-state index contributed by atoms with van der Waals surface area (Å²) in [4.78, 5) is 15.2. The fourth-order valence-electron chi connectivity index (χ4n) is 3.96. The number of hydrogen-bond acceptors (Lipinski definition) is 3. The molecule has 1 aliphatic heterocycles. The van der Waals surface area contributed by atoms with Crippen LogP contribution in [0.4, 0.5) is 5.69 Å². The van der Waals surface area contributed by atoms with E-state index in [-0.39, 0.29) is 11.9 Å². The highest BCUT2D eigenvalue weighted by Gasteiger charge is 2.21. The molecule has 3 atom stereocenters. The van der Waals surface area contributed by atoms with Gasteiger partial charge in [0.15, 0.2) is 6.10 Å². The number of benzene rings is 2. The lowest BCUT2D eigenvalue weighted by Crippen LogP contribution is -2.39. The van der Waals surface area contributed by atoms with Crippen LogP contribution in [0, 0.1) is 12.8 Å². The molecule has 2 aromatic carbocycles. The van der Waals surface area contributed by atoms with E-state index in [1.165, 1.54) is 18.5 Å². The molecule has 1 fully saturated rings. The second kappa shape index (κ2) is 10.2. The van der Waals surface area contributed by atoms with Gasteiger partial charge in [-0.2, -0.15) is 0 Å². The van der Waals surface area contributed by atoms with E-state index in [2.05, 4.69) is 41.4 Å². The minimum atomic E-state index is -0.540. The third kappa shape index (κ3) is 5.69. The van der Waals surface area contributed by atoms with Crippen molar-refractivity contribution in [1.29, 1.82) is 0 Å². The molecule has 0 saturated carbocycles. The second-order valence-electron chi connectivity index (χ2n) is 8.44. The van der Waals surface area contributed by atoms with Gasteiger partial charge in [-0.15, -0.1) is 0 Å². The number of halogens is 1. The molecule has 0 bridgehead atoms. The molecule has 1 saturated heterocycles. The predicted octanol–water partition coefficient (Wildman–Crippen LogP) is 5.92. The number of anilines is 1. The number of amides is 1. The summed E-state index contributed by atoms with van der Waals surface area (Å²) in [6.07, 6.45) is 2.61. The molecule has 30 heavy (non-hydrogen) atoms. The Morgan fingerprint density at radius 2 is 2.00 bits per heavy atom. The third-order valence-corrected chi connectivity index (χ3v) is 6.27. The maximum absolute atomic E-state index is 12.8. The Kier molecular flexibility index (Phi) is 7.65. The molecule has 2 aromatic rings. The summed E-state index contributed by atoms with van der Waals surface area (Å²) >= 11 is 6.08. The Morgan fingerprint density at radius 1 is 1.27 bits per heavy atom. The molecule has 0 aromatic heterocycles. The van der Waals surface area contributed by atoms with Crippen molar-refractivity contribution in [1.82, 2.24) is 5.32 Å². The molecular formula is C25H33ClN2O2. The van der Waals surface area contributed by atoms with E-state index in [0.717, 1.165) is 30.1 Å². The van der Waals surface area contributed by atoms with Gasteiger partial charge in [0.2, 0.25) is 0 Å². The smallest absolute Gasteiger partial charge is 0.261 e. The van der Waals surface area contributed by atoms with Gasteiger partial charge in [0.25, 0.3) is 5.91 Å². The highest BCUT2D eigenvalue weighted by molar-refractivity contribution is 6.31. The average molecular weight is 429 g/mol. The minimum Gasteiger partial charge on any atom is -0.481 e. The summed E-state index contributed by atoms with van der Waals surface area (Å²) in [5, 5.41) is 3.79. The van der Waals surface area contributed by atoms with Crippen molar-refractivity contribution in [2.75, 3.05) is 18.0 Å². The normalized spacial score (nSPS) is 18.6. The van der Waals surface area contributed by atoms with Crippen LogP contribution in [0.1, 0.15) is 57.2 Å². The number of piperidine rings is 1. The number of carbonyl (C=O) groups is 1. The summed E-state index contributed by atoms with van der Waals surface area (Å²) in [6, 6.07) is 13.9. The molecular weight excluding hydrogens is 396 g/mol. The first-order valence-corrected chi connectivity index (χ1v) is 11.3. The largest absolute Gasteiger partial charge is 0.481 e. The van der Waals surface area contributed by atoms with Crippen LogP contribution in [0.15, 0.2) is 42.5 Å². The molecule has 1 aliphatic rings. The number of rotatable bonds is 7. The van der Waals surface area contributed by atoms with Crippen molar-refractivity contribution >= 4 is 23.2 Å². The van der Waals surface area contributed by atoms with Crippen LogP contribution < -0.4 is 15.0 Å². The number of aryl methyl sites for hydroxylation is 1. The van der Waals surface area contributed by atoms with Gasteiger partial charge in [0.05, 0.1) is 6.04 Å². The third-order valence-electron chi connectivity index (χ3n) is 5.84. The van der Waals surface area contributed by atoms with Crippen molar-refractivity contribution in [3.63, 3.8) is 0 Å². The summed E-state index contributed by atoms with van der Waals surface area (Å²) < 4.78 is 5.93. The van der Waals surface area contributed by atoms with E-state index in [9.17, 15) is 4.79 Å². The first kappa shape index (κ1) is 22.5. The van der Waals surface area contributed by atoms with E-state index in [1.807, 2.05) is 26.8 Å². The van der Waals surface area contributed by atoms with E-state index in [1.54, 1.807) is 12.1 Å². The van der Waals surface area contributed by atoms with Crippen LogP contribution in [0.25, 0.3) is 0 Å². The zero-order chi connectivity index (χ0) is 21.7. The Hall–Kier alpha value is -2.20. The van der Waals surface area contributed by atoms with Crippen molar-refractivity contribution in [2.45, 2.75) is 59.1 Å². The van der Waals surface area contributed by atoms with Crippen LogP contribution in [-0.4, -0.2) is 25.1 Å². The maximum Gasteiger partial charge on any atom is 0.261 e. The van der Waals surface area contributed by atoms with Gasteiger partial charge < -0.3 is 15.0 Å². The first-order chi connectivity index (χ1) is 14.4. The Balaban J connectivity index is 1.60. The highest BCUT2D eigenvalue weighted by Crippen LogP contribution is 2.25. The van der Waals surface area contributed by atoms with Crippen LogP contribution in [0.3, 0.4) is 0 Å². The molecule has 0 radical (unpaired) electrons. The molecule has 162 valence electrons. The minimum absolute atomic E-state index is 0.0866. The monoisotopic (exact) mass is 428 g/mol. The number of carbonyl (C=O) groups excluding carboxylic acids is 1. The van der Waals surface area contributed by atoms with Crippen molar-refractivity contribution in [2.24, 2.45) is 5.92 Å². The van der Waals surface area contributed by atoms with Crippen LogP contribution in [-0.2, 0) is 4.79 Å². The average Bonchev–Trinajstić information content (AvgIpc) is 2.74. The topological polar surface area (TPSA) is 41.6 Å². The summed E-state index contributed by atoms with van der Waals surface area (Å²) in [5.41, 5.74) is 3.28. The lowest BCUT2D eigenvalue weighted by atomic mass is 9.99. The maximum atomic E-state index is 12.8. The highest BCUT2D eigenvalue weighted by atomic mass is 35.5. The van der Waals surface area contributed by atoms with Gasteiger partial charge >= 0.3 is 0 Å². The van der Waals surface area contributed by atoms with E-state index in [4.69, 9.17) is 16.3 Å². The van der Waals surface area contributed by atoms with Crippen molar-refractivity contribution < 1.29 is 9.53 Å². The van der Waals surface area contributed by atoms with Gasteiger partial charge in [0.1, 0.15) is 5.75 Å². The molecule has 0 spiro atoms. The Bertz CT molecular complexity index is 853. The van der Waals surface area contributed by atoms with Gasteiger partial charge in [-0.05, 0) is 80.5 Å². The van der Waals surface area contributed by atoms with E-state index in [0.29, 0.717) is 17.2 Å². The van der Waals surface area contributed by atoms with Gasteiger partial charge in [0, 0.05) is 23.8 Å². The summed E-state index contributed by atoms with van der Waals surface area (Å²) in [6.45, 7) is 10.4. The van der Waals surface area contributed by atoms with Crippen LogP contribution in [0.5, 0.6) is 5.75 Å². The molecule has 1 heterocycles. The number of nitrogens with one attached hydrogen (secondary N) is 1. The fourth-order valence-corrected chi connectivity index (χ4v) is 4.08. The Labute approximate surface area is 185 Å². The molecule has 0 unspecified atom stereocenters. The van der Waals surface area contributed by atoms with E-state index >= 15 is 0 Å². The molecule has 0 aliphatic carbocycles. The number of nitrogens with zero attached hydrogens (tertiary/aromatic N) is 1.